The van der Waals surface area contributed by atoms with Gasteiger partial charge in [0.05, 0.1) is 17.2 Å². The number of benzene rings is 1. The third-order valence-corrected chi connectivity index (χ3v) is 5.60. The van der Waals surface area contributed by atoms with Crippen LogP contribution in [0.4, 0.5) is 11.5 Å². The van der Waals surface area contributed by atoms with Crippen molar-refractivity contribution >= 4 is 49.3 Å². The molecule has 9 nitrogen and oxygen atoms in total. The monoisotopic (exact) mass is 559 g/mol. The van der Waals surface area contributed by atoms with Crippen LogP contribution in [-0.4, -0.2) is 44.8 Å². The van der Waals surface area contributed by atoms with Crippen molar-refractivity contribution in [3.63, 3.8) is 0 Å². The average Bonchev–Trinajstić information content (AvgIpc) is 3.12. The number of nitrogens with zero attached hydrogens (tertiary/aromatic N) is 2. The summed E-state index contributed by atoms with van der Waals surface area (Å²) in [5, 5.41) is 13.8. The molecule has 11 heteroatoms. The summed E-state index contributed by atoms with van der Waals surface area (Å²) in [5.41, 5.74) is -0.251. The van der Waals surface area contributed by atoms with E-state index in [9.17, 15) is 14.7 Å². The lowest BCUT2D eigenvalue weighted by molar-refractivity contribution is -0.149. The smallest absolute Gasteiger partial charge is 0.351 e. The Labute approximate surface area is 196 Å². The van der Waals surface area contributed by atoms with Gasteiger partial charge in [-0.3, -0.25) is 9.36 Å². The van der Waals surface area contributed by atoms with Crippen molar-refractivity contribution in [3.05, 3.63) is 39.4 Å². The third-order valence-electron chi connectivity index (χ3n) is 4.70. The summed E-state index contributed by atoms with van der Waals surface area (Å²) < 4.78 is 18.7. The third kappa shape index (κ3) is 5.58. The Morgan fingerprint density at radius 2 is 2.23 bits per heavy atom. The Hall–Kier alpha value is -2.11. The number of aromatic nitrogens is 2. The lowest BCUT2D eigenvalue weighted by atomic mass is 10.1. The van der Waals surface area contributed by atoms with Gasteiger partial charge in [-0.15, -0.1) is 0 Å². The molecule has 1 unspecified atom stereocenters. The second-order valence-corrected chi connectivity index (χ2v) is 8.51. The number of halogens is 2. The molecule has 0 amide bonds. The van der Waals surface area contributed by atoms with Gasteiger partial charge in [0.15, 0.2) is 5.82 Å². The Balaban J connectivity index is 1.86. The SMILES string of the molecule is CC[C@H]1O[C@@H](n2cc(Br)c(Nc3c(O)cccc3OCCBr)nc2=O)CC1OC(C)=O. The van der Waals surface area contributed by atoms with Gasteiger partial charge in [0.25, 0.3) is 0 Å². The van der Waals surface area contributed by atoms with E-state index in [1.165, 1.54) is 17.6 Å². The van der Waals surface area contributed by atoms with Crippen LogP contribution in [0, 0.1) is 0 Å². The molecule has 1 aliphatic rings. The van der Waals surface area contributed by atoms with Gasteiger partial charge in [0, 0.05) is 24.9 Å². The van der Waals surface area contributed by atoms with Crippen LogP contribution in [0.1, 0.15) is 32.9 Å². The molecule has 168 valence electrons. The minimum Gasteiger partial charge on any atom is -0.506 e. The number of phenols is 1. The van der Waals surface area contributed by atoms with Crippen LogP contribution in [0.5, 0.6) is 11.5 Å². The molecule has 1 aromatic carbocycles. The molecule has 0 radical (unpaired) electrons. The quantitative estimate of drug-likeness (QED) is 0.284. The van der Waals surface area contributed by atoms with Crippen LogP contribution >= 0.6 is 31.9 Å². The molecule has 3 atom stereocenters. The number of para-hydroxylation sites is 1. The zero-order valence-corrected chi connectivity index (χ0v) is 20.2. The highest BCUT2D eigenvalue weighted by Crippen LogP contribution is 2.37. The Morgan fingerprint density at radius 3 is 2.90 bits per heavy atom. The van der Waals surface area contributed by atoms with E-state index in [1.807, 2.05) is 6.92 Å². The Kier molecular flexibility index (Phi) is 7.95. The van der Waals surface area contributed by atoms with Crippen LogP contribution in [0.15, 0.2) is 33.7 Å². The Bertz CT molecular complexity index is 999. The molecule has 1 aliphatic heterocycles. The summed E-state index contributed by atoms with van der Waals surface area (Å²) >= 11 is 6.71. The molecule has 0 spiro atoms. The maximum absolute atomic E-state index is 12.7. The summed E-state index contributed by atoms with van der Waals surface area (Å²) in [5.74, 6) is 0.207. The predicted octanol–water partition coefficient (Wildman–Crippen LogP) is 3.86. The highest BCUT2D eigenvalue weighted by atomic mass is 79.9. The van der Waals surface area contributed by atoms with Crippen LogP contribution in [0.2, 0.25) is 0 Å². The van der Waals surface area contributed by atoms with Crippen LogP contribution in [-0.2, 0) is 14.3 Å². The van der Waals surface area contributed by atoms with Gasteiger partial charge in [-0.2, -0.15) is 4.98 Å². The molecule has 1 aromatic heterocycles. The summed E-state index contributed by atoms with van der Waals surface area (Å²) in [4.78, 5) is 28.2. The van der Waals surface area contributed by atoms with E-state index in [2.05, 4.69) is 42.2 Å². The number of phenolic OH excluding ortho intramolecular Hbond substituents is 1. The van der Waals surface area contributed by atoms with Gasteiger partial charge in [0.1, 0.15) is 29.5 Å². The molecule has 0 aliphatic carbocycles. The largest absolute Gasteiger partial charge is 0.506 e. The fourth-order valence-electron chi connectivity index (χ4n) is 3.34. The number of carbonyl (C=O) groups excluding carboxylic acids is 1. The second-order valence-electron chi connectivity index (χ2n) is 6.86. The van der Waals surface area contributed by atoms with E-state index < -0.39 is 18.0 Å². The summed E-state index contributed by atoms with van der Waals surface area (Å²) in [6.07, 6.45) is 1.22. The molecular formula is C20H23Br2N3O6. The minimum absolute atomic E-state index is 0.0425. The maximum Gasteiger partial charge on any atom is 0.351 e. The first kappa shape index (κ1) is 23.6. The molecular weight excluding hydrogens is 538 g/mol. The van der Waals surface area contributed by atoms with Gasteiger partial charge in [0.2, 0.25) is 0 Å². The first-order valence-electron chi connectivity index (χ1n) is 9.73. The fraction of sp³-hybridized carbons (Fsp3) is 0.450. The number of ether oxygens (including phenoxy) is 3. The number of aromatic hydroxyl groups is 1. The van der Waals surface area contributed by atoms with Crippen molar-refractivity contribution in [2.45, 2.75) is 45.1 Å². The number of rotatable bonds is 8. The zero-order chi connectivity index (χ0) is 22.5. The van der Waals surface area contributed by atoms with Crippen molar-refractivity contribution in [2.75, 3.05) is 17.3 Å². The average molecular weight is 561 g/mol. The molecule has 2 N–H and O–H groups in total. The number of alkyl halides is 1. The van der Waals surface area contributed by atoms with Gasteiger partial charge in [-0.05, 0) is 34.5 Å². The fourth-order valence-corrected chi connectivity index (χ4v) is 3.91. The molecule has 3 rings (SSSR count). The summed E-state index contributed by atoms with van der Waals surface area (Å²) in [6.45, 7) is 3.67. The van der Waals surface area contributed by atoms with Crippen LogP contribution < -0.4 is 15.7 Å². The molecule has 2 aromatic rings. The molecule has 0 bridgehead atoms. The predicted molar refractivity (Wildman–Crippen MR) is 121 cm³/mol. The van der Waals surface area contributed by atoms with E-state index in [4.69, 9.17) is 14.2 Å². The summed E-state index contributed by atoms with van der Waals surface area (Å²) in [7, 11) is 0. The molecule has 1 saturated heterocycles. The van der Waals surface area contributed by atoms with E-state index in [0.29, 0.717) is 40.7 Å². The topological polar surface area (TPSA) is 112 Å². The highest BCUT2D eigenvalue weighted by molar-refractivity contribution is 9.10. The number of hydrogen-bond acceptors (Lipinski definition) is 8. The van der Waals surface area contributed by atoms with Crippen molar-refractivity contribution < 1.29 is 24.1 Å². The number of hydrogen-bond donors (Lipinski definition) is 2. The van der Waals surface area contributed by atoms with E-state index in [-0.39, 0.29) is 23.6 Å². The Morgan fingerprint density at radius 1 is 1.45 bits per heavy atom. The number of nitrogens with one attached hydrogen (secondary N) is 1. The zero-order valence-electron chi connectivity index (χ0n) is 17.0. The number of carbonyl (C=O) groups is 1. The molecule has 0 saturated carbocycles. The normalized spacial score (nSPS) is 20.5. The lowest BCUT2D eigenvalue weighted by Gasteiger charge is -2.17. The first-order chi connectivity index (χ1) is 14.8. The van der Waals surface area contributed by atoms with Crippen molar-refractivity contribution in [1.29, 1.82) is 0 Å². The van der Waals surface area contributed by atoms with Gasteiger partial charge < -0.3 is 24.6 Å². The molecule has 2 heterocycles. The minimum atomic E-state index is -0.609. The van der Waals surface area contributed by atoms with Gasteiger partial charge in [-0.1, -0.05) is 28.9 Å². The standard InChI is InChI=1S/C20H23Br2N3O6/c1-3-14-16(30-11(2)26)9-17(31-14)25-10-12(22)19(24-20(25)28)23-18-13(27)5-4-6-15(18)29-8-7-21/h4-6,10,14,16-17,27H,3,7-9H2,1-2H3,(H,23,24,28)/t14-,16?,17-/m1/s1. The van der Waals surface area contributed by atoms with E-state index in [0.717, 1.165) is 0 Å². The lowest BCUT2D eigenvalue weighted by Crippen LogP contribution is -2.27. The van der Waals surface area contributed by atoms with Crippen molar-refractivity contribution in [3.8, 4) is 11.5 Å². The first-order valence-corrected chi connectivity index (χ1v) is 11.6. The second kappa shape index (κ2) is 10.5. The number of anilines is 2. The van der Waals surface area contributed by atoms with Crippen molar-refractivity contribution in [2.24, 2.45) is 0 Å². The van der Waals surface area contributed by atoms with Gasteiger partial charge in [-0.25, -0.2) is 4.79 Å². The molecule has 31 heavy (non-hydrogen) atoms. The molecule has 1 fully saturated rings. The summed E-state index contributed by atoms with van der Waals surface area (Å²) in [6, 6.07) is 4.86. The van der Waals surface area contributed by atoms with Crippen LogP contribution in [0.25, 0.3) is 0 Å². The van der Waals surface area contributed by atoms with Crippen LogP contribution in [0.3, 0.4) is 0 Å². The highest BCUT2D eigenvalue weighted by Gasteiger charge is 2.38. The van der Waals surface area contributed by atoms with Gasteiger partial charge >= 0.3 is 11.7 Å². The van der Waals surface area contributed by atoms with Crippen molar-refractivity contribution in [1.82, 2.24) is 9.55 Å². The number of esters is 1. The van der Waals surface area contributed by atoms with E-state index in [1.54, 1.807) is 18.3 Å². The maximum atomic E-state index is 12.7. The van der Waals surface area contributed by atoms with E-state index >= 15 is 0 Å².